The van der Waals surface area contributed by atoms with Gasteiger partial charge < -0.3 is 10.1 Å². The molecule has 16 heavy (non-hydrogen) atoms. The molecule has 1 rings (SSSR count). The monoisotopic (exact) mass is 224 g/mol. The Kier molecular flexibility index (Phi) is 6.44. The molecule has 0 amide bonds. The van der Waals surface area contributed by atoms with Crippen LogP contribution in [0.3, 0.4) is 0 Å². The predicted octanol–water partition coefficient (Wildman–Crippen LogP) is 2.62. The van der Waals surface area contributed by atoms with E-state index in [1.165, 1.54) is 6.42 Å². The van der Waals surface area contributed by atoms with Crippen LogP contribution in [-0.2, 0) is 4.74 Å². The topological polar surface area (TPSA) is 45.0 Å². The highest BCUT2D eigenvalue weighted by molar-refractivity contribution is 4.85. The van der Waals surface area contributed by atoms with Crippen LogP contribution < -0.4 is 5.32 Å². The van der Waals surface area contributed by atoms with Gasteiger partial charge in [0.1, 0.15) is 0 Å². The highest BCUT2D eigenvalue weighted by Gasteiger charge is 2.23. The zero-order valence-corrected chi connectivity index (χ0v) is 10.5. The fourth-order valence-corrected chi connectivity index (χ4v) is 2.32. The van der Waals surface area contributed by atoms with Gasteiger partial charge in [-0.25, -0.2) is 0 Å². The summed E-state index contributed by atoms with van der Waals surface area (Å²) in [5.41, 5.74) is 0. The Labute approximate surface area is 99.2 Å². The quantitative estimate of drug-likeness (QED) is 0.754. The molecule has 0 radical (unpaired) electrons. The normalized spacial score (nSPS) is 27.3. The van der Waals surface area contributed by atoms with Gasteiger partial charge in [0.05, 0.1) is 18.6 Å². The molecule has 1 aliphatic heterocycles. The maximum Gasteiger partial charge on any atom is 0.0638 e. The van der Waals surface area contributed by atoms with E-state index >= 15 is 0 Å². The molecule has 1 heterocycles. The highest BCUT2D eigenvalue weighted by Crippen LogP contribution is 2.18. The van der Waals surface area contributed by atoms with Gasteiger partial charge in [0, 0.05) is 18.7 Å². The summed E-state index contributed by atoms with van der Waals surface area (Å²) < 4.78 is 5.72. The lowest BCUT2D eigenvalue weighted by Crippen LogP contribution is -2.43. The highest BCUT2D eigenvalue weighted by atomic mass is 16.5. The van der Waals surface area contributed by atoms with E-state index in [4.69, 9.17) is 10.00 Å². The SMILES string of the molecule is CCCC1CC(NC(CC)CC#N)CCO1. The van der Waals surface area contributed by atoms with E-state index in [1.54, 1.807) is 0 Å². The standard InChI is InChI=1S/C13H24N2O/c1-3-5-13-10-12(7-9-16-13)15-11(4-2)6-8-14/h11-13,15H,3-7,9-10H2,1-2H3. The maximum absolute atomic E-state index is 8.72. The van der Waals surface area contributed by atoms with Gasteiger partial charge in [0.25, 0.3) is 0 Å². The van der Waals surface area contributed by atoms with Crippen LogP contribution in [0.5, 0.6) is 0 Å². The summed E-state index contributed by atoms with van der Waals surface area (Å²) in [4.78, 5) is 0. The van der Waals surface area contributed by atoms with E-state index in [0.29, 0.717) is 24.6 Å². The van der Waals surface area contributed by atoms with E-state index in [-0.39, 0.29) is 0 Å². The van der Waals surface area contributed by atoms with Crippen molar-refractivity contribution in [1.29, 1.82) is 5.26 Å². The van der Waals surface area contributed by atoms with Gasteiger partial charge in [0.15, 0.2) is 0 Å². The van der Waals surface area contributed by atoms with Crippen LogP contribution in [0.15, 0.2) is 0 Å². The van der Waals surface area contributed by atoms with E-state index in [9.17, 15) is 0 Å². The minimum atomic E-state index is 0.357. The molecule has 1 saturated heterocycles. The van der Waals surface area contributed by atoms with Gasteiger partial charge in [-0.05, 0) is 25.7 Å². The van der Waals surface area contributed by atoms with Crippen molar-refractivity contribution in [3.05, 3.63) is 0 Å². The summed E-state index contributed by atoms with van der Waals surface area (Å²) >= 11 is 0. The van der Waals surface area contributed by atoms with Crippen molar-refractivity contribution < 1.29 is 4.74 Å². The molecule has 3 nitrogen and oxygen atoms in total. The number of rotatable bonds is 6. The molecule has 92 valence electrons. The number of nitrogens with zero attached hydrogens (tertiary/aromatic N) is 1. The molecule has 0 spiro atoms. The van der Waals surface area contributed by atoms with Gasteiger partial charge >= 0.3 is 0 Å². The first-order valence-electron chi connectivity index (χ1n) is 6.54. The van der Waals surface area contributed by atoms with Crippen LogP contribution in [0, 0.1) is 11.3 Å². The molecule has 3 heteroatoms. The zero-order valence-electron chi connectivity index (χ0n) is 10.5. The zero-order chi connectivity index (χ0) is 11.8. The lowest BCUT2D eigenvalue weighted by atomic mass is 9.98. The molecule has 0 bridgehead atoms. The smallest absolute Gasteiger partial charge is 0.0638 e. The third-order valence-electron chi connectivity index (χ3n) is 3.28. The lowest BCUT2D eigenvalue weighted by molar-refractivity contribution is -0.00499. The van der Waals surface area contributed by atoms with Crippen molar-refractivity contribution in [2.45, 2.75) is 70.6 Å². The Morgan fingerprint density at radius 1 is 1.50 bits per heavy atom. The van der Waals surface area contributed by atoms with E-state index in [2.05, 4.69) is 25.2 Å². The lowest BCUT2D eigenvalue weighted by Gasteiger charge is -2.32. The molecule has 0 aromatic carbocycles. The first kappa shape index (κ1) is 13.5. The van der Waals surface area contributed by atoms with Crippen molar-refractivity contribution in [2.24, 2.45) is 0 Å². The molecule has 0 aliphatic carbocycles. The van der Waals surface area contributed by atoms with Crippen LogP contribution in [-0.4, -0.2) is 24.8 Å². The first-order valence-corrected chi connectivity index (χ1v) is 6.54. The van der Waals surface area contributed by atoms with E-state index in [1.807, 2.05) is 0 Å². The third kappa shape index (κ3) is 4.51. The second-order valence-corrected chi connectivity index (χ2v) is 4.64. The van der Waals surface area contributed by atoms with Crippen molar-refractivity contribution in [3.63, 3.8) is 0 Å². The predicted molar refractivity (Wildman–Crippen MR) is 65.1 cm³/mol. The molecular formula is C13H24N2O. The van der Waals surface area contributed by atoms with Gasteiger partial charge in [-0.15, -0.1) is 0 Å². The number of ether oxygens (including phenoxy) is 1. The third-order valence-corrected chi connectivity index (χ3v) is 3.28. The number of hydrogen-bond acceptors (Lipinski definition) is 3. The van der Waals surface area contributed by atoms with Gasteiger partial charge in [0.2, 0.25) is 0 Å². The summed E-state index contributed by atoms with van der Waals surface area (Å²) in [6.45, 7) is 5.20. The fourth-order valence-electron chi connectivity index (χ4n) is 2.32. The molecule has 1 N–H and O–H groups in total. The summed E-state index contributed by atoms with van der Waals surface area (Å²) in [7, 11) is 0. The molecule has 1 fully saturated rings. The van der Waals surface area contributed by atoms with Gasteiger partial charge in [-0.2, -0.15) is 5.26 Å². The average molecular weight is 224 g/mol. The molecule has 0 saturated carbocycles. The van der Waals surface area contributed by atoms with E-state index < -0.39 is 0 Å². The van der Waals surface area contributed by atoms with Crippen LogP contribution in [0.4, 0.5) is 0 Å². The van der Waals surface area contributed by atoms with Crippen molar-refractivity contribution >= 4 is 0 Å². The van der Waals surface area contributed by atoms with E-state index in [0.717, 1.165) is 32.3 Å². The molecule has 0 aromatic rings. The maximum atomic E-state index is 8.72. The first-order chi connectivity index (χ1) is 7.80. The van der Waals surface area contributed by atoms with Crippen molar-refractivity contribution in [1.82, 2.24) is 5.32 Å². The number of nitrogens with one attached hydrogen (secondary N) is 1. The van der Waals surface area contributed by atoms with Gasteiger partial charge in [-0.3, -0.25) is 0 Å². The molecular weight excluding hydrogens is 200 g/mol. The van der Waals surface area contributed by atoms with Gasteiger partial charge in [-0.1, -0.05) is 20.3 Å². The largest absolute Gasteiger partial charge is 0.378 e. The molecule has 0 aromatic heterocycles. The van der Waals surface area contributed by atoms with Crippen LogP contribution >= 0.6 is 0 Å². The summed E-state index contributed by atoms with van der Waals surface area (Å²) in [5, 5.41) is 12.3. The Hall–Kier alpha value is -0.590. The number of hydrogen-bond donors (Lipinski definition) is 1. The van der Waals surface area contributed by atoms with Crippen molar-refractivity contribution in [2.75, 3.05) is 6.61 Å². The van der Waals surface area contributed by atoms with Crippen LogP contribution in [0.1, 0.15) is 52.4 Å². The Morgan fingerprint density at radius 3 is 2.94 bits per heavy atom. The summed E-state index contributed by atoms with van der Waals surface area (Å²) in [5.74, 6) is 0. The van der Waals surface area contributed by atoms with Crippen LogP contribution in [0.2, 0.25) is 0 Å². The molecule has 3 unspecified atom stereocenters. The van der Waals surface area contributed by atoms with Crippen LogP contribution in [0.25, 0.3) is 0 Å². The second kappa shape index (κ2) is 7.65. The minimum absolute atomic E-state index is 0.357. The van der Waals surface area contributed by atoms with Crippen molar-refractivity contribution in [3.8, 4) is 6.07 Å². The fraction of sp³-hybridized carbons (Fsp3) is 0.923. The Bertz CT molecular complexity index is 222. The molecule has 3 atom stereocenters. The average Bonchev–Trinajstić information content (AvgIpc) is 2.29. The second-order valence-electron chi connectivity index (χ2n) is 4.64. The molecule has 1 aliphatic rings. The minimum Gasteiger partial charge on any atom is -0.378 e. The summed E-state index contributed by atoms with van der Waals surface area (Å²) in [6.07, 6.45) is 6.61. The number of nitriles is 1. The summed E-state index contributed by atoms with van der Waals surface area (Å²) in [6, 6.07) is 3.15. The Balaban J connectivity index is 2.32. The Morgan fingerprint density at radius 2 is 2.31 bits per heavy atom.